The SMILES string of the molecule is C[C@@H]1[C@H](O)[C@@H](C)/C=C/C=C/C=C/C=C/C=C/C=C/C=C/[C@H](OC2O[C@H](C)[C@@H](O)[C@H](NC[C@@]3(O)OC[C@@H](O)[C@@H](O)[C@@H]3O)[C@@H]2O)CC2O[C@](O)(C[C@@H](O)C[C@@H](O)[C@H](O)CC[C@@H](O)C[C@@H](O)CC(=O)O[C@H]1C)C[C@H](O)C2C(=O)N1CCN(Cc2ccccc2)CC1. The van der Waals surface area contributed by atoms with Gasteiger partial charge in [0.25, 0.3) is 0 Å². The standard InChI is InChI=1S/C64H97N3O21/c1-39-20-16-13-11-9-7-5-6-8-10-12-14-19-23-47(87-62-59(79)55(57(77)42(4)86-62)65-38-64(83)60(80)58(78)51(74)37-84-64)33-52-54(61(81)67-28-26-66(27-29-67)36-43-21-17-15-18-22-43)50(73)35-63(82,88-52)34-46(70)31-49(72)48(71)25-24-44(68)30-45(69)32-53(75)85-41(3)40(2)56(39)76/h5-23,39-42,44-52,54-60,62,65,68-74,76-80,82-83H,24-38H2,1-4H3/b6-5+,9-7+,10-8+,13-11+,14-12+,20-16+,23-19+/t39-,40-,41-,42+,44+,45+,46-,47-,48+,49+,50-,51+,52?,54?,55-,56+,57+,58+,59-,60-,62?,63+,64+/m0/s1. The number of cyclic esters (lactones) is 1. The zero-order valence-electron chi connectivity index (χ0n) is 50.7. The van der Waals surface area contributed by atoms with E-state index in [-0.39, 0.29) is 44.7 Å². The van der Waals surface area contributed by atoms with Gasteiger partial charge >= 0.3 is 5.97 Å². The second-order valence-corrected chi connectivity index (χ2v) is 24.3. The monoisotopic (exact) mass is 1240 g/mol. The van der Waals surface area contributed by atoms with Crippen LogP contribution in [0.5, 0.6) is 0 Å². The van der Waals surface area contributed by atoms with E-state index in [1.54, 1.807) is 97.7 Å². The van der Waals surface area contributed by atoms with Crippen LogP contribution in [0.25, 0.3) is 0 Å². The van der Waals surface area contributed by atoms with Crippen LogP contribution in [0.2, 0.25) is 0 Å². The third kappa shape index (κ3) is 21.6. The van der Waals surface area contributed by atoms with Crippen molar-refractivity contribution in [3.05, 3.63) is 121 Å². The molecule has 88 heavy (non-hydrogen) atoms. The van der Waals surface area contributed by atoms with Gasteiger partial charge in [0.15, 0.2) is 12.1 Å². The molecule has 24 heteroatoms. The van der Waals surface area contributed by atoms with Crippen molar-refractivity contribution in [3.63, 3.8) is 0 Å². The van der Waals surface area contributed by atoms with Crippen LogP contribution in [0, 0.1) is 17.8 Å². The van der Waals surface area contributed by atoms with Crippen molar-refractivity contribution >= 4 is 11.9 Å². The smallest absolute Gasteiger partial charge is 0.308 e. The number of nitrogens with zero attached hydrogens (tertiary/aromatic N) is 2. The van der Waals surface area contributed by atoms with Gasteiger partial charge in [0.1, 0.15) is 30.5 Å². The van der Waals surface area contributed by atoms with E-state index in [9.17, 15) is 81.1 Å². The van der Waals surface area contributed by atoms with Crippen molar-refractivity contribution in [1.82, 2.24) is 15.1 Å². The van der Waals surface area contributed by atoms with Gasteiger partial charge < -0.3 is 105 Å². The summed E-state index contributed by atoms with van der Waals surface area (Å²) in [6.07, 6.45) is -2.85. The molecular formula is C64H97N3O21. The summed E-state index contributed by atoms with van der Waals surface area (Å²) in [5, 5.41) is 158. The first-order valence-electron chi connectivity index (χ1n) is 30.7. The van der Waals surface area contributed by atoms with E-state index in [2.05, 4.69) is 10.2 Å². The van der Waals surface area contributed by atoms with Crippen LogP contribution in [-0.2, 0) is 39.8 Å². The summed E-state index contributed by atoms with van der Waals surface area (Å²) in [6.45, 7) is 7.72. The molecular weight excluding hydrogens is 1150 g/mol. The molecule has 5 heterocycles. The molecule has 4 fully saturated rings. The molecule has 0 radical (unpaired) electrons. The Balaban J connectivity index is 1.27. The molecule has 24 nitrogen and oxygen atoms in total. The Morgan fingerprint density at radius 3 is 1.89 bits per heavy atom. The van der Waals surface area contributed by atoms with E-state index in [0.717, 1.165) is 5.56 Å². The van der Waals surface area contributed by atoms with Gasteiger partial charge in [-0.05, 0) is 38.7 Å². The minimum absolute atomic E-state index is 0.130. The Kier molecular flexibility index (Phi) is 28.7. The lowest BCUT2D eigenvalue weighted by atomic mass is 9.81. The average Bonchev–Trinajstić information content (AvgIpc) is 2.46. The van der Waals surface area contributed by atoms with Crippen molar-refractivity contribution < 1.29 is 105 Å². The van der Waals surface area contributed by atoms with E-state index in [4.69, 9.17) is 23.7 Å². The molecule has 494 valence electrons. The highest BCUT2D eigenvalue weighted by Crippen LogP contribution is 2.39. The van der Waals surface area contributed by atoms with Crippen LogP contribution >= 0.6 is 0 Å². The normalized spacial score (nSPS) is 43.3. The fourth-order valence-electron chi connectivity index (χ4n) is 11.7. The largest absolute Gasteiger partial charge is 0.462 e. The number of piperazine rings is 1. The molecule has 0 saturated carbocycles. The third-order valence-electron chi connectivity index (χ3n) is 17.2. The van der Waals surface area contributed by atoms with Crippen LogP contribution in [-0.4, -0.2) is 254 Å². The first-order chi connectivity index (χ1) is 41.8. The number of ether oxygens (including phenoxy) is 5. The van der Waals surface area contributed by atoms with Crippen molar-refractivity contribution in [2.45, 2.75) is 207 Å². The van der Waals surface area contributed by atoms with E-state index in [1.165, 1.54) is 6.92 Å². The van der Waals surface area contributed by atoms with Crippen LogP contribution < -0.4 is 5.32 Å². The van der Waals surface area contributed by atoms with E-state index < -0.39 is 184 Å². The number of aliphatic hydroxyl groups is 14. The average molecular weight is 1240 g/mol. The number of allylic oxidation sites excluding steroid dienone is 12. The zero-order chi connectivity index (χ0) is 64.3. The van der Waals surface area contributed by atoms with E-state index in [1.807, 2.05) is 43.3 Å². The van der Waals surface area contributed by atoms with Crippen molar-refractivity contribution in [3.8, 4) is 0 Å². The van der Waals surface area contributed by atoms with E-state index >= 15 is 0 Å². The number of nitrogens with one attached hydrogen (secondary N) is 1. The van der Waals surface area contributed by atoms with Crippen molar-refractivity contribution in [2.24, 2.45) is 17.8 Å². The van der Waals surface area contributed by atoms with Crippen molar-refractivity contribution in [2.75, 3.05) is 39.3 Å². The summed E-state index contributed by atoms with van der Waals surface area (Å²) in [7, 11) is 0. The summed E-state index contributed by atoms with van der Waals surface area (Å²) in [5.41, 5.74) is 1.09. The topological polar surface area (TPSA) is 382 Å². The minimum atomic E-state index is -2.47. The molecule has 3 unspecified atom stereocenters. The number of fused-ring (bicyclic) bond motifs is 2. The number of carbonyl (C=O) groups is 2. The summed E-state index contributed by atoms with van der Waals surface area (Å²) < 4.78 is 29.8. The van der Waals surface area contributed by atoms with Crippen LogP contribution in [0.3, 0.4) is 0 Å². The Hall–Kier alpha value is -4.46. The predicted octanol–water partition coefficient (Wildman–Crippen LogP) is -0.596. The number of esters is 1. The van der Waals surface area contributed by atoms with Gasteiger partial charge in [0.2, 0.25) is 11.7 Å². The number of carbonyl (C=O) groups excluding carboxylic acids is 2. The number of hydrogen-bond acceptors (Lipinski definition) is 23. The molecule has 5 aliphatic heterocycles. The van der Waals surface area contributed by atoms with Gasteiger partial charge in [-0.1, -0.05) is 129 Å². The minimum Gasteiger partial charge on any atom is -0.462 e. The fourth-order valence-corrected chi connectivity index (χ4v) is 11.7. The second-order valence-electron chi connectivity index (χ2n) is 24.3. The maximum Gasteiger partial charge on any atom is 0.308 e. The Morgan fingerprint density at radius 2 is 1.25 bits per heavy atom. The Morgan fingerprint density at radius 1 is 0.636 bits per heavy atom. The molecule has 1 amide bonds. The molecule has 0 aromatic heterocycles. The highest BCUT2D eigenvalue weighted by molar-refractivity contribution is 5.80. The quantitative estimate of drug-likeness (QED) is 0.145. The second kappa shape index (κ2) is 34.8. The summed E-state index contributed by atoms with van der Waals surface area (Å²) >= 11 is 0. The number of benzene rings is 1. The lowest BCUT2D eigenvalue weighted by molar-refractivity contribution is -0.323. The molecule has 23 atom stereocenters. The Labute approximate surface area is 515 Å². The molecule has 1 aromatic rings. The summed E-state index contributed by atoms with van der Waals surface area (Å²) in [5.74, 6) is -8.20. The first kappa shape index (κ1) is 72.6. The van der Waals surface area contributed by atoms with Crippen LogP contribution in [0.15, 0.2) is 115 Å². The Bertz CT molecular complexity index is 2490. The molecule has 2 bridgehead atoms. The van der Waals surface area contributed by atoms with Crippen molar-refractivity contribution in [1.29, 1.82) is 0 Å². The molecule has 6 rings (SSSR count). The molecule has 5 aliphatic rings. The molecule has 0 aliphatic carbocycles. The third-order valence-corrected chi connectivity index (χ3v) is 17.2. The molecule has 0 spiro atoms. The van der Waals surface area contributed by atoms with Crippen LogP contribution in [0.1, 0.15) is 84.6 Å². The predicted molar refractivity (Wildman–Crippen MR) is 320 cm³/mol. The highest BCUT2D eigenvalue weighted by Gasteiger charge is 2.53. The number of rotatable bonds is 8. The lowest BCUT2D eigenvalue weighted by Gasteiger charge is -2.48. The number of amides is 1. The molecule has 15 N–H and O–H groups in total. The van der Waals surface area contributed by atoms with Gasteiger partial charge in [0.05, 0.1) is 98.7 Å². The maximum absolute atomic E-state index is 14.9. The maximum atomic E-state index is 14.9. The first-order valence-corrected chi connectivity index (χ1v) is 30.7. The van der Waals surface area contributed by atoms with Gasteiger partial charge in [-0.2, -0.15) is 0 Å². The lowest BCUT2D eigenvalue weighted by Crippen LogP contribution is -2.69. The van der Waals surface area contributed by atoms with E-state index in [0.29, 0.717) is 19.6 Å². The molecule has 1 aromatic carbocycles. The van der Waals surface area contributed by atoms with Gasteiger partial charge in [-0.25, -0.2) is 0 Å². The molecule has 4 saturated heterocycles. The van der Waals surface area contributed by atoms with Crippen LogP contribution in [0.4, 0.5) is 0 Å². The summed E-state index contributed by atoms with van der Waals surface area (Å²) in [6, 6.07) is 8.49. The number of hydrogen-bond donors (Lipinski definition) is 15. The highest BCUT2D eigenvalue weighted by atomic mass is 16.7. The van der Waals surface area contributed by atoms with Gasteiger partial charge in [-0.15, -0.1) is 0 Å². The van der Waals surface area contributed by atoms with Gasteiger partial charge in [-0.3, -0.25) is 14.5 Å². The number of aliphatic hydroxyl groups excluding tert-OH is 12. The zero-order valence-corrected chi connectivity index (χ0v) is 50.7. The fraction of sp³-hybridized carbons (Fsp3) is 0.656. The van der Waals surface area contributed by atoms with Gasteiger partial charge in [0, 0.05) is 70.2 Å². The summed E-state index contributed by atoms with van der Waals surface area (Å²) in [4.78, 5) is 31.5.